The highest BCUT2D eigenvalue weighted by Crippen LogP contribution is 2.29. The lowest BCUT2D eigenvalue weighted by Gasteiger charge is -2.14. The van der Waals surface area contributed by atoms with Gasteiger partial charge in [0, 0.05) is 5.02 Å². The lowest BCUT2D eigenvalue weighted by atomic mass is 10.1. The summed E-state index contributed by atoms with van der Waals surface area (Å²) in [5.74, 6) is 0.914. The second-order valence-corrected chi connectivity index (χ2v) is 5.20. The Morgan fingerprint density at radius 3 is 2.43 bits per heavy atom. The normalized spacial score (nSPS) is 12.0. The van der Waals surface area contributed by atoms with E-state index in [2.05, 4.69) is 4.74 Å². The molecule has 5 heteroatoms. The van der Waals surface area contributed by atoms with E-state index in [9.17, 15) is 4.79 Å². The monoisotopic (exact) mass is 308 g/mol. The highest BCUT2D eigenvalue weighted by Gasteiger charge is 2.17. The van der Waals surface area contributed by atoms with Crippen molar-refractivity contribution >= 4 is 17.6 Å². The van der Waals surface area contributed by atoms with Crippen LogP contribution < -0.4 is 4.74 Å². The van der Waals surface area contributed by atoms with Gasteiger partial charge in [0.2, 0.25) is 5.76 Å². The van der Waals surface area contributed by atoms with Gasteiger partial charge in [-0.25, -0.2) is 4.79 Å². The lowest BCUT2D eigenvalue weighted by Crippen LogP contribution is -2.03. The maximum Gasteiger partial charge on any atom is 0.373 e. The van der Waals surface area contributed by atoms with Crippen LogP contribution in [0, 0.1) is 13.8 Å². The molecule has 0 aliphatic carbocycles. The Balaban J connectivity index is 2.16. The number of esters is 1. The van der Waals surface area contributed by atoms with Gasteiger partial charge in [0.1, 0.15) is 11.5 Å². The molecule has 0 aliphatic rings. The standard InChI is InChI=1S/C16H17ClO4/c1-9-7-12(8-10(2)15(9)17)20-11(3)13-5-6-14(21-13)16(18)19-4/h5-8,11H,1-4H3. The predicted octanol–water partition coefficient (Wildman–Crippen LogP) is 4.48. The summed E-state index contributed by atoms with van der Waals surface area (Å²) in [6, 6.07) is 7.01. The number of carbonyl (C=O) groups excluding carboxylic acids is 1. The van der Waals surface area contributed by atoms with Gasteiger partial charge in [0.05, 0.1) is 7.11 Å². The van der Waals surface area contributed by atoms with E-state index in [4.69, 9.17) is 20.8 Å². The largest absolute Gasteiger partial charge is 0.483 e. The zero-order chi connectivity index (χ0) is 15.6. The average molecular weight is 309 g/mol. The summed E-state index contributed by atoms with van der Waals surface area (Å²) in [5.41, 5.74) is 1.90. The van der Waals surface area contributed by atoms with Crippen LogP contribution in [0.3, 0.4) is 0 Å². The quantitative estimate of drug-likeness (QED) is 0.782. The molecule has 1 atom stereocenters. The second kappa shape index (κ2) is 6.22. The summed E-state index contributed by atoms with van der Waals surface area (Å²) in [4.78, 5) is 11.4. The molecule has 4 nitrogen and oxygen atoms in total. The van der Waals surface area contributed by atoms with Gasteiger partial charge in [-0.2, -0.15) is 0 Å². The van der Waals surface area contributed by atoms with E-state index in [1.54, 1.807) is 12.1 Å². The number of methoxy groups -OCH3 is 1. The van der Waals surface area contributed by atoms with Crippen molar-refractivity contribution in [2.45, 2.75) is 26.9 Å². The molecule has 0 spiro atoms. The molecule has 0 radical (unpaired) electrons. The fourth-order valence-corrected chi connectivity index (χ4v) is 2.13. The smallest absolute Gasteiger partial charge is 0.373 e. The third-order valence-corrected chi connectivity index (χ3v) is 3.73. The maximum atomic E-state index is 11.4. The molecule has 1 aromatic heterocycles. The Kier molecular flexibility index (Phi) is 4.58. The summed E-state index contributed by atoms with van der Waals surface area (Å²) in [5, 5.41) is 0.737. The molecule has 1 aromatic carbocycles. The number of hydrogen-bond donors (Lipinski definition) is 0. The van der Waals surface area contributed by atoms with E-state index in [0.29, 0.717) is 11.5 Å². The van der Waals surface area contributed by atoms with Gasteiger partial charge in [-0.15, -0.1) is 0 Å². The Morgan fingerprint density at radius 1 is 1.24 bits per heavy atom. The third kappa shape index (κ3) is 3.39. The zero-order valence-electron chi connectivity index (χ0n) is 12.4. The first-order valence-corrected chi connectivity index (χ1v) is 6.91. The van der Waals surface area contributed by atoms with Crippen molar-refractivity contribution in [2.24, 2.45) is 0 Å². The molecule has 0 aliphatic heterocycles. The molecule has 0 saturated carbocycles. The average Bonchev–Trinajstić information content (AvgIpc) is 2.93. The van der Waals surface area contributed by atoms with Crippen LogP contribution in [0.2, 0.25) is 5.02 Å². The van der Waals surface area contributed by atoms with Gasteiger partial charge in [-0.05, 0) is 56.2 Å². The first kappa shape index (κ1) is 15.4. The Morgan fingerprint density at radius 2 is 1.86 bits per heavy atom. The molecule has 0 saturated heterocycles. The van der Waals surface area contributed by atoms with Gasteiger partial charge in [0.25, 0.3) is 0 Å². The van der Waals surface area contributed by atoms with E-state index in [-0.39, 0.29) is 11.9 Å². The summed E-state index contributed by atoms with van der Waals surface area (Å²) in [7, 11) is 1.31. The molecular weight excluding hydrogens is 292 g/mol. The van der Waals surface area contributed by atoms with Gasteiger partial charge in [-0.1, -0.05) is 11.6 Å². The molecule has 112 valence electrons. The zero-order valence-corrected chi connectivity index (χ0v) is 13.2. The minimum Gasteiger partial charge on any atom is -0.483 e. The van der Waals surface area contributed by atoms with E-state index in [0.717, 1.165) is 16.1 Å². The van der Waals surface area contributed by atoms with Crippen LogP contribution in [0.5, 0.6) is 5.75 Å². The van der Waals surface area contributed by atoms with E-state index in [1.807, 2.05) is 32.9 Å². The molecule has 1 heterocycles. The van der Waals surface area contributed by atoms with Crippen molar-refractivity contribution in [2.75, 3.05) is 7.11 Å². The molecule has 1 unspecified atom stereocenters. The fourth-order valence-electron chi connectivity index (χ4n) is 2.02. The van der Waals surface area contributed by atoms with Crippen molar-refractivity contribution in [1.29, 1.82) is 0 Å². The highest BCUT2D eigenvalue weighted by atomic mass is 35.5. The van der Waals surface area contributed by atoms with Crippen LogP contribution in [-0.4, -0.2) is 13.1 Å². The molecule has 2 aromatic rings. The lowest BCUT2D eigenvalue weighted by molar-refractivity contribution is 0.0558. The molecule has 0 bridgehead atoms. The number of carbonyl (C=O) groups is 1. The number of ether oxygens (including phenoxy) is 2. The number of halogens is 1. The van der Waals surface area contributed by atoms with Crippen molar-refractivity contribution < 1.29 is 18.7 Å². The van der Waals surface area contributed by atoms with Gasteiger partial charge in [0.15, 0.2) is 6.10 Å². The second-order valence-electron chi connectivity index (χ2n) is 4.82. The van der Waals surface area contributed by atoms with Crippen LogP contribution in [0.25, 0.3) is 0 Å². The van der Waals surface area contributed by atoms with Gasteiger partial charge >= 0.3 is 5.97 Å². The van der Waals surface area contributed by atoms with Crippen LogP contribution in [0.15, 0.2) is 28.7 Å². The summed E-state index contributed by atoms with van der Waals surface area (Å²) >= 11 is 6.13. The Bertz CT molecular complexity index is 637. The van der Waals surface area contributed by atoms with Crippen LogP contribution in [-0.2, 0) is 4.74 Å². The van der Waals surface area contributed by atoms with Crippen molar-refractivity contribution in [3.05, 3.63) is 51.9 Å². The molecule has 0 N–H and O–H groups in total. The highest BCUT2D eigenvalue weighted by molar-refractivity contribution is 6.32. The van der Waals surface area contributed by atoms with Crippen molar-refractivity contribution in [3.8, 4) is 5.75 Å². The first-order valence-electron chi connectivity index (χ1n) is 6.53. The Hall–Kier alpha value is -1.94. The van der Waals surface area contributed by atoms with E-state index in [1.165, 1.54) is 7.11 Å². The molecule has 2 rings (SSSR count). The topological polar surface area (TPSA) is 48.7 Å². The van der Waals surface area contributed by atoms with Crippen LogP contribution >= 0.6 is 11.6 Å². The molecule has 21 heavy (non-hydrogen) atoms. The summed E-state index contributed by atoms with van der Waals surface area (Å²) in [6.07, 6.45) is -0.330. The SMILES string of the molecule is COC(=O)c1ccc(C(C)Oc2cc(C)c(Cl)c(C)c2)o1. The number of benzene rings is 1. The van der Waals surface area contributed by atoms with E-state index < -0.39 is 5.97 Å². The minimum absolute atomic E-state index is 0.159. The first-order chi connectivity index (χ1) is 9.92. The van der Waals surface area contributed by atoms with Crippen LogP contribution in [0.1, 0.15) is 40.5 Å². The number of hydrogen-bond acceptors (Lipinski definition) is 4. The van der Waals surface area contributed by atoms with Gasteiger partial charge in [-0.3, -0.25) is 0 Å². The van der Waals surface area contributed by atoms with Crippen molar-refractivity contribution in [1.82, 2.24) is 0 Å². The van der Waals surface area contributed by atoms with Crippen molar-refractivity contribution in [3.63, 3.8) is 0 Å². The number of aryl methyl sites for hydroxylation is 2. The summed E-state index contributed by atoms with van der Waals surface area (Å²) < 4.78 is 15.9. The van der Waals surface area contributed by atoms with Gasteiger partial charge < -0.3 is 13.9 Å². The predicted molar refractivity (Wildman–Crippen MR) is 80.0 cm³/mol. The minimum atomic E-state index is -0.508. The third-order valence-electron chi connectivity index (χ3n) is 3.14. The number of rotatable bonds is 4. The fraction of sp³-hybridized carbons (Fsp3) is 0.312. The number of furan rings is 1. The Labute approximate surface area is 128 Å². The molecule has 0 fully saturated rings. The molecule has 0 amide bonds. The van der Waals surface area contributed by atoms with E-state index >= 15 is 0 Å². The van der Waals surface area contributed by atoms with Crippen LogP contribution in [0.4, 0.5) is 0 Å². The molecular formula is C16H17ClO4. The maximum absolute atomic E-state index is 11.4. The summed E-state index contributed by atoms with van der Waals surface area (Å²) in [6.45, 7) is 5.70.